The third kappa shape index (κ3) is 3.61. The molecule has 0 aliphatic carbocycles. The van der Waals surface area contributed by atoms with E-state index < -0.39 is 5.97 Å². The van der Waals surface area contributed by atoms with Crippen molar-refractivity contribution in [2.24, 2.45) is 0 Å². The van der Waals surface area contributed by atoms with E-state index in [1.54, 1.807) is 0 Å². The Labute approximate surface area is 143 Å². The summed E-state index contributed by atoms with van der Waals surface area (Å²) >= 11 is 0. The predicted molar refractivity (Wildman–Crippen MR) is 97.6 cm³/mol. The molecule has 3 heteroatoms. The molecule has 3 nitrogen and oxygen atoms in total. The van der Waals surface area contributed by atoms with E-state index in [-0.39, 0.29) is 17.9 Å². The summed E-state index contributed by atoms with van der Waals surface area (Å²) in [6.07, 6.45) is 1.72. The second-order valence-corrected chi connectivity index (χ2v) is 7.66. The van der Waals surface area contributed by atoms with Crippen LogP contribution in [-0.2, 0) is 23.1 Å². The van der Waals surface area contributed by atoms with E-state index in [2.05, 4.69) is 62.5 Å². The highest BCUT2D eigenvalue weighted by molar-refractivity contribution is 5.67. The Balaban J connectivity index is 1.78. The molecule has 0 radical (unpaired) electrons. The molecule has 126 valence electrons. The molecule has 1 atom stereocenters. The number of anilines is 1. The van der Waals surface area contributed by atoms with Crippen molar-refractivity contribution in [3.8, 4) is 0 Å². The average molecular weight is 323 g/mol. The molecule has 2 N–H and O–H groups in total. The first-order chi connectivity index (χ1) is 11.3. The van der Waals surface area contributed by atoms with Gasteiger partial charge in [-0.2, -0.15) is 0 Å². The summed E-state index contributed by atoms with van der Waals surface area (Å²) in [5, 5.41) is 12.4. The van der Waals surface area contributed by atoms with Gasteiger partial charge in [0.2, 0.25) is 0 Å². The van der Waals surface area contributed by atoms with E-state index in [0.29, 0.717) is 6.42 Å². The maximum Gasteiger partial charge on any atom is 0.303 e. The molecule has 2 aromatic carbocycles. The topological polar surface area (TPSA) is 49.3 Å². The standard InChI is InChI=1S/C21H25NO2/c1-21(2,3)17-6-4-5-15(12-17)19-13-16-11-14(8-10-20(23)24)7-9-18(16)22-19/h4-7,9,11-12,19,22H,8,10,13H2,1-3H3,(H,23,24). The minimum absolute atomic E-state index is 0.144. The Kier molecular flexibility index (Phi) is 4.35. The van der Waals surface area contributed by atoms with Gasteiger partial charge in [0.05, 0.1) is 6.04 Å². The number of carboxylic acid groups (broad SMARTS) is 1. The van der Waals surface area contributed by atoms with Crippen LogP contribution in [0.15, 0.2) is 42.5 Å². The number of hydrogen-bond acceptors (Lipinski definition) is 2. The van der Waals surface area contributed by atoms with Gasteiger partial charge in [-0.3, -0.25) is 4.79 Å². The summed E-state index contributed by atoms with van der Waals surface area (Å²) in [5.41, 5.74) is 6.35. The molecule has 0 spiro atoms. The number of aliphatic carboxylic acids is 1. The highest BCUT2D eigenvalue weighted by Crippen LogP contribution is 2.36. The Morgan fingerprint density at radius 1 is 1.21 bits per heavy atom. The van der Waals surface area contributed by atoms with E-state index >= 15 is 0 Å². The molecule has 1 aliphatic rings. The van der Waals surface area contributed by atoms with Crippen LogP contribution in [0.4, 0.5) is 5.69 Å². The van der Waals surface area contributed by atoms with Crippen LogP contribution in [-0.4, -0.2) is 11.1 Å². The molecule has 0 saturated carbocycles. The molecule has 1 heterocycles. The third-order valence-electron chi connectivity index (χ3n) is 4.71. The van der Waals surface area contributed by atoms with Crippen LogP contribution in [0.2, 0.25) is 0 Å². The zero-order valence-electron chi connectivity index (χ0n) is 14.6. The number of aryl methyl sites for hydroxylation is 1. The Hall–Kier alpha value is -2.29. The summed E-state index contributed by atoms with van der Waals surface area (Å²) < 4.78 is 0. The highest BCUT2D eigenvalue weighted by Gasteiger charge is 2.23. The van der Waals surface area contributed by atoms with Gasteiger partial charge in [0.15, 0.2) is 0 Å². The van der Waals surface area contributed by atoms with Crippen molar-refractivity contribution >= 4 is 11.7 Å². The molecule has 0 bridgehead atoms. The fraction of sp³-hybridized carbons (Fsp3) is 0.381. The van der Waals surface area contributed by atoms with Crippen molar-refractivity contribution in [3.05, 3.63) is 64.7 Å². The Bertz CT molecular complexity index is 759. The molecule has 24 heavy (non-hydrogen) atoms. The largest absolute Gasteiger partial charge is 0.481 e. The summed E-state index contributed by atoms with van der Waals surface area (Å²) in [6, 6.07) is 15.4. The van der Waals surface area contributed by atoms with Gasteiger partial charge >= 0.3 is 5.97 Å². The minimum atomic E-state index is -0.745. The summed E-state index contributed by atoms with van der Waals surface area (Å²) in [6.45, 7) is 6.70. The molecular formula is C21H25NO2. The lowest BCUT2D eigenvalue weighted by Crippen LogP contribution is -2.13. The third-order valence-corrected chi connectivity index (χ3v) is 4.71. The van der Waals surface area contributed by atoms with Gasteiger partial charge in [-0.25, -0.2) is 0 Å². The van der Waals surface area contributed by atoms with Gasteiger partial charge in [-0.05, 0) is 46.6 Å². The minimum Gasteiger partial charge on any atom is -0.481 e. The van der Waals surface area contributed by atoms with Gasteiger partial charge in [0.1, 0.15) is 0 Å². The number of nitrogens with one attached hydrogen (secondary N) is 1. The number of carboxylic acids is 1. The second-order valence-electron chi connectivity index (χ2n) is 7.66. The number of hydrogen-bond donors (Lipinski definition) is 2. The lowest BCUT2D eigenvalue weighted by atomic mass is 9.85. The van der Waals surface area contributed by atoms with E-state index in [1.807, 2.05) is 6.07 Å². The number of benzene rings is 2. The normalized spacial score (nSPS) is 16.5. The van der Waals surface area contributed by atoms with Gasteiger partial charge in [0, 0.05) is 12.1 Å². The van der Waals surface area contributed by atoms with E-state index in [4.69, 9.17) is 5.11 Å². The van der Waals surface area contributed by atoms with Crippen molar-refractivity contribution < 1.29 is 9.90 Å². The van der Waals surface area contributed by atoms with Crippen LogP contribution >= 0.6 is 0 Å². The molecule has 0 amide bonds. The van der Waals surface area contributed by atoms with Crippen molar-refractivity contribution in [1.29, 1.82) is 0 Å². The Morgan fingerprint density at radius 3 is 2.71 bits per heavy atom. The second kappa shape index (κ2) is 6.31. The SMILES string of the molecule is CC(C)(C)c1cccc(C2Cc3cc(CCC(=O)O)ccc3N2)c1. The molecule has 2 aromatic rings. The molecule has 3 rings (SSSR count). The molecule has 1 unspecified atom stereocenters. The monoisotopic (exact) mass is 323 g/mol. The first-order valence-electron chi connectivity index (χ1n) is 8.53. The maximum atomic E-state index is 10.7. The van der Waals surface area contributed by atoms with E-state index in [0.717, 1.165) is 12.0 Å². The predicted octanol–water partition coefficient (Wildman–Crippen LogP) is 4.71. The zero-order chi connectivity index (χ0) is 17.3. The number of fused-ring (bicyclic) bond motifs is 1. The molecule has 0 saturated heterocycles. The van der Waals surface area contributed by atoms with Crippen LogP contribution in [0, 0.1) is 0 Å². The van der Waals surface area contributed by atoms with Crippen molar-refractivity contribution in [3.63, 3.8) is 0 Å². The smallest absolute Gasteiger partial charge is 0.303 e. The molecule has 1 aliphatic heterocycles. The fourth-order valence-electron chi connectivity index (χ4n) is 3.25. The van der Waals surface area contributed by atoms with Gasteiger partial charge in [-0.1, -0.05) is 57.2 Å². The van der Waals surface area contributed by atoms with Crippen LogP contribution < -0.4 is 5.32 Å². The van der Waals surface area contributed by atoms with Crippen molar-refractivity contribution in [2.75, 3.05) is 5.32 Å². The molecule has 0 aromatic heterocycles. The Morgan fingerprint density at radius 2 is 2.00 bits per heavy atom. The van der Waals surface area contributed by atoms with E-state index in [1.165, 1.54) is 22.4 Å². The quantitative estimate of drug-likeness (QED) is 0.856. The molecular weight excluding hydrogens is 298 g/mol. The van der Waals surface area contributed by atoms with Crippen molar-refractivity contribution in [1.82, 2.24) is 0 Å². The lowest BCUT2D eigenvalue weighted by Gasteiger charge is -2.21. The maximum absolute atomic E-state index is 10.7. The van der Waals surface area contributed by atoms with Crippen molar-refractivity contribution in [2.45, 2.75) is 51.5 Å². The van der Waals surface area contributed by atoms with Gasteiger partial charge < -0.3 is 10.4 Å². The highest BCUT2D eigenvalue weighted by atomic mass is 16.4. The molecule has 0 fully saturated rings. The summed E-state index contributed by atoms with van der Waals surface area (Å²) in [5.74, 6) is -0.745. The first kappa shape index (κ1) is 16.6. The summed E-state index contributed by atoms with van der Waals surface area (Å²) in [7, 11) is 0. The number of carbonyl (C=O) groups is 1. The van der Waals surface area contributed by atoms with Gasteiger partial charge in [-0.15, -0.1) is 0 Å². The lowest BCUT2D eigenvalue weighted by molar-refractivity contribution is -0.136. The first-order valence-corrected chi connectivity index (χ1v) is 8.53. The van der Waals surface area contributed by atoms with Crippen LogP contribution in [0.25, 0.3) is 0 Å². The fourth-order valence-corrected chi connectivity index (χ4v) is 3.25. The average Bonchev–Trinajstić information content (AvgIpc) is 2.95. The van der Waals surface area contributed by atoms with Crippen LogP contribution in [0.3, 0.4) is 0 Å². The zero-order valence-corrected chi connectivity index (χ0v) is 14.6. The van der Waals surface area contributed by atoms with E-state index in [9.17, 15) is 4.79 Å². The van der Waals surface area contributed by atoms with Crippen LogP contribution in [0.1, 0.15) is 55.5 Å². The van der Waals surface area contributed by atoms with Gasteiger partial charge in [0.25, 0.3) is 0 Å². The summed E-state index contributed by atoms with van der Waals surface area (Å²) in [4.78, 5) is 10.7. The van der Waals surface area contributed by atoms with Crippen LogP contribution in [0.5, 0.6) is 0 Å². The number of rotatable bonds is 4.